The molecule has 0 aromatic carbocycles. The van der Waals surface area contributed by atoms with Gasteiger partial charge in [0.15, 0.2) is 0 Å². The van der Waals surface area contributed by atoms with Crippen molar-refractivity contribution >= 4 is 29.3 Å². The van der Waals surface area contributed by atoms with Crippen molar-refractivity contribution in [2.24, 2.45) is 5.92 Å². The van der Waals surface area contributed by atoms with Crippen molar-refractivity contribution in [3.63, 3.8) is 0 Å². The Kier molecular flexibility index (Phi) is 4.83. The molecule has 1 amide bonds. The highest BCUT2D eigenvalue weighted by molar-refractivity contribution is 7.15. The highest BCUT2D eigenvalue weighted by Crippen LogP contribution is 2.29. The van der Waals surface area contributed by atoms with E-state index < -0.39 is 5.97 Å². The van der Waals surface area contributed by atoms with Crippen LogP contribution in [0.4, 0.5) is 0 Å². The van der Waals surface area contributed by atoms with Gasteiger partial charge in [-0.15, -0.1) is 11.3 Å². The van der Waals surface area contributed by atoms with Crippen LogP contribution >= 0.6 is 11.3 Å². The summed E-state index contributed by atoms with van der Waals surface area (Å²) in [5.41, 5.74) is 0.946. The zero-order valence-electron chi connectivity index (χ0n) is 12.6. The van der Waals surface area contributed by atoms with E-state index in [-0.39, 0.29) is 5.91 Å². The number of nitrogens with zero attached hydrogens (tertiary/aromatic N) is 1. The van der Waals surface area contributed by atoms with Crippen LogP contribution in [0, 0.1) is 12.8 Å². The van der Waals surface area contributed by atoms with Gasteiger partial charge in [-0.2, -0.15) is 0 Å². The second-order valence-corrected chi connectivity index (χ2v) is 6.87. The van der Waals surface area contributed by atoms with Gasteiger partial charge in [0.2, 0.25) is 0 Å². The molecule has 1 N–H and O–H groups in total. The summed E-state index contributed by atoms with van der Waals surface area (Å²) in [5, 5.41) is 8.69. The number of carbonyl (C=O) groups is 2. The maximum Gasteiger partial charge on any atom is 0.328 e. The lowest BCUT2D eigenvalue weighted by molar-refractivity contribution is -0.131. The molecule has 1 fully saturated rings. The van der Waals surface area contributed by atoms with Gasteiger partial charge in [-0.05, 0) is 43.4 Å². The van der Waals surface area contributed by atoms with Gasteiger partial charge in [0, 0.05) is 23.5 Å². The van der Waals surface area contributed by atoms with Crippen molar-refractivity contribution in [1.29, 1.82) is 0 Å². The monoisotopic (exact) mass is 307 g/mol. The summed E-state index contributed by atoms with van der Waals surface area (Å²) in [6, 6.07) is 2.18. The van der Waals surface area contributed by atoms with E-state index in [9.17, 15) is 9.59 Å². The number of aliphatic carboxylic acids is 1. The number of rotatable bonds is 4. The second-order valence-electron chi connectivity index (χ2n) is 5.78. The maximum absolute atomic E-state index is 12.7. The summed E-state index contributed by atoms with van der Waals surface area (Å²) in [7, 11) is 0. The molecule has 21 heavy (non-hydrogen) atoms. The summed E-state index contributed by atoms with van der Waals surface area (Å²) in [6.45, 7) is 7.02. The summed E-state index contributed by atoms with van der Waals surface area (Å²) in [4.78, 5) is 26.8. The number of thiophene rings is 1. The number of carboxylic acids is 1. The number of likely N-dealkylation sites (tertiary alicyclic amines) is 1. The fourth-order valence-corrected chi connectivity index (χ4v) is 3.83. The Morgan fingerprint density at radius 1 is 1.48 bits per heavy atom. The fourth-order valence-electron chi connectivity index (χ4n) is 2.79. The van der Waals surface area contributed by atoms with Gasteiger partial charge >= 0.3 is 5.97 Å². The maximum atomic E-state index is 12.7. The molecule has 0 aliphatic carbocycles. The highest BCUT2D eigenvalue weighted by atomic mass is 32.1. The molecule has 2 heterocycles. The topological polar surface area (TPSA) is 57.6 Å². The van der Waals surface area contributed by atoms with E-state index >= 15 is 0 Å². The smallest absolute Gasteiger partial charge is 0.328 e. The molecule has 2 rings (SSSR count). The van der Waals surface area contributed by atoms with Crippen LogP contribution < -0.4 is 0 Å². The van der Waals surface area contributed by atoms with E-state index in [1.807, 2.05) is 17.9 Å². The molecular weight excluding hydrogens is 286 g/mol. The van der Waals surface area contributed by atoms with E-state index in [1.165, 1.54) is 11.3 Å². The first-order chi connectivity index (χ1) is 9.90. The summed E-state index contributed by atoms with van der Waals surface area (Å²) in [6.07, 6.45) is 4.80. The van der Waals surface area contributed by atoms with Crippen LogP contribution in [0.15, 0.2) is 12.1 Å². The van der Waals surface area contributed by atoms with Gasteiger partial charge in [-0.1, -0.05) is 13.8 Å². The van der Waals surface area contributed by atoms with Gasteiger partial charge < -0.3 is 10.0 Å². The number of amides is 1. The Bertz CT molecular complexity index is 574. The van der Waals surface area contributed by atoms with Crippen LogP contribution in [0.1, 0.15) is 46.8 Å². The molecule has 1 aromatic heterocycles. The quantitative estimate of drug-likeness (QED) is 0.867. The number of carboxylic acid groups (broad SMARTS) is 1. The molecule has 0 radical (unpaired) electrons. The van der Waals surface area contributed by atoms with Crippen LogP contribution in [0.2, 0.25) is 0 Å². The molecule has 114 valence electrons. The van der Waals surface area contributed by atoms with Crippen molar-refractivity contribution in [1.82, 2.24) is 4.90 Å². The Labute approximate surface area is 129 Å². The molecule has 1 atom stereocenters. The van der Waals surface area contributed by atoms with Gasteiger partial charge in [-0.25, -0.2) is 4.79 Å². The normalized spacial score (nSPS) is 18.9. The van der Waals surface area contributed by atoms with Crippen molar-refractivity contribution in [2.75, 3.05) is 6.54 Å². The zero-order valence-corrected chi connectivity index (χ0v) is 13.4. The average Bonchev–Trinajstić information content (AvgIpc) is 3.02. The zero-order chi connectivity index (χ0) is 15.6. The highest BCUT2D eigenvalue weighted by Gasteiger charge is 2.32. The van der Waals surface area contributed by atoms with Crippen molar-refractivity contribution in [2.45, 2.75) is 39.7 Å². The molecule has 0 saturated carbocycles. The Hall–Kier alpha value is -1.62. The predicted molar refractivity (Wildman–Crippen MR) is 84.6 cm³/mol. The predicted octanol–water partition coefficient (Wildman–Crippen LogP) is 3.41. The number of carbonyl (C=O) groups excluding carboxylic acids is 1. The van der Waals surface area contributed by atoms with E-state index in [0.29, 0.717) is 16.8 Å². The van der Waals surface area contributed by atoms with Crippen LogP contribution in [0.5, 0.6) is 0 Å². The average molecular weight is 307 g/mol. The Morgan fingerprint density at radius 2 is 2.19 bits per heavy atom. The lowest BCUT2D eigenvalue weighted by Gasteiger charge is -2.27. The van der Waals surface area contributed by atoms with E-state index in [1.54, 1.807) is 6.08 Å². The minimum Gasteiger partial charge on any atom is -0.478 e. The second kappa shape index (κ2) is 6.43. The third kappa shape index (κ3) is 3.53. The van der Waals surface area contributed by atoms with Gasteiger partial charge in [0.1, 0.15) is 0 Å². The molecule has 0 bridgehead atoms. The first-order valence-electron chi connectivity index (χ1n) is 7.22. The lowest BCUT2D eigenvalue weighted by atomic mass is 10.0. The largest absolute Gasteiger partial charge is 0.478 e. The number of hydrogen-bond donors (Lipinski definition) is 1. The number of hydrogen-bond acceptors (Lipinski definition) is 3. The first kappa shape index (κ1) is 15.8. The molecule has 4 nitrogen and oxygen atoms in total. The Morgan fingerprint density at radius 3 is 2.81 bits per heavy atom. The molecule has 1 aliphatic heterocycles. The fraction of sp³-hybridized carbons (Fsp3) is 0.500. The van der Waals surface area contributed by atoms with Crippen LogP contribution in [-0.4, -0.2) is 34.5 Å². The molecular formula is C16H21NO3S. The summed E-state index contributed by atoms with van der Waals surface area (Å²) in [5.74, 6) is -0.437. The summed E-state index contributed by atoms with van der Waals surface area (Å²) < 4.78 is 0. The standard InChI is InChI=1S/C16H21NO3S/c1-10(2)12-5-4-8-17(12)16(20)14-9-11(3)13(21-14)6-7-15(18)19/h6-7,9-10,12H,4-5,8H2,1-3H3,(H,18,19)/b7-6+. The minimum atomic E-state index is -0.977. The van der Waals surface area contributed by atoms with Crippen LogP contribution in [0.3, 0.4) is 0 Å². The molecule has 0 spiro atoms. The van der Waals surface area contributed by atoms with Crippen molar-refractivity contribution in [3.05, 3.63) is 27.5 Å². The Balaban J connectivity index is 2.20. The van der Waals surface area contributed by atoms with E-state index in [4.69, 9.17) is 5.11 Å². The SMILES string of the molecule is Cc1cc(C(=O)N2CCCC2C(C)C)sc1/C=C/C(=O)O. The van der Waals surface area contributed by atoms with Gasteiger partial charge in [0.25, 0.3) is 5.91 Å². The molecule has 5 heteroatoms. The third-order valence-electron chi connectivity index (χ3n) is 3.87. The first-order valence-corrected chi connectivity index (χ1v) is 8.04. The molecule has 1 aliphatic rings. The van der Waals surface area contributed by atoms with Gasteiger partial charge in [-0.3, -0.25) is 4.79 Å². The molecule has 1 unspecified atom stereocenters. The van der Waals surface area contributed by atoms with Crippen molar-refractivity contribution < 1.29 is 14.7 Å². The minimum absolute atomic E-state index is 0.0780. The van der Waals surface area contributed by atoms with E-state index in [2.05, 4.69) is 13.8 Å². The van der Waals surface area contributed by atoms with Crippen LogP contribution in [-0.2, 0) is 4.79 Å². The van der Waals surface area contributed by atoms with E-state index in [0.717, 1.165) is 35.9 Å². The number of aryl methyl sites for hydroxylation is 1. The van der Waals surface area contributed by atoms with Gasteiger partial charge in [0.05, 0.1) is 4.88 Å². The molecule has 1 aromatic rings. The lowest BCUT2D eigenvalue weighted by Crippen LogP contribution is -2.38. The van der Waals surface area contributed by atoms with Crippen LogP contribution in [0.25, 0.3) is 6.08 Å². The summed E-state index contributed by atoms with van der Waals surface area (Å²) >= 11 is 1.37. The third-order valence-corrected chi connectivity index (χ3v) is 5.06. The molecule has 1 saturated heterocycles. The van der Waals surface area contributed by atoms with Crippen molar-refractivity contribution in [3.8, 4) is 0 Å².